The van der Waals surface area contributed by atoms with Gasteiger partial charge in [-0.15, -0.1) is 0 Å². The first kappa shape index (κ1) is 7.92. The van der Waals surface area contributed by atoms with Gasteiger partial charge in [-0.25, -0.2) is 0 Å². The Bertz CT molecular complexity index is 223. The summed E-state index contributed by atoms with van der Waals surface area (Å²) >= 11 is 0. The molecule has 0 aliphatic rings. The van der Waals surface area contributed by atoms with E-state index < -0.39 is 0 Å². The Balaban J connectivity index is 2.89. The Morgan fingerprint density at radius 2 is 2.09 bits per heavy atom. The van der Waals surface area contributed by atoms with Gasteiger partial charge in [-0.3, -0.25) is 0 Å². The van der Waals surface area contributed by atoms with Gasteiger partial charge in [-0.2, -0.15) is 0 Å². The van der Waals surface area contributed by atoms with Crippen molar-refractivity contribution in [3.63, 3.8) is 0 Å². The maximum Gasteiger partial charge on any atom is 0.0363 e. The molecule has 0 saturated carbocycles. The van der Waals surface area contributed by atoms with Crippen LogP contribution in [0, 0.1) is 6.92 Å². The normalized spacial score (nSPS) is 9.64. The zero-order chi connectivity index (χ0) is 8.27. The van der Waals surface area contributed by atoms with Crippen LogP contribution in [0.25, 0.3) is 0 Å². The van der Waals surface area contributed by atoms with E-state index in [0.717, 1.165) is 17.9 Å². The van der Waals surface area contributed by atoms with Gasteiger partial charge in [0.2, 0.25) is 0 Å². The van der Waals surface area contributed by atoms with Crippen LogP contribution in [-0.2, 0) is 0 Å². The van der Waals surface area contributed by atoms with Crippen LogP contribution in [0.5, 0.6) is 0 Å². The van der Waals surface area contributed by atoms with Gasteiger partial charge < -0.3 is 11.1 Å². The zero-order valence-corrected chi connectivity index (χ0v) is 7.02. The molecule has 1 aromatic rings. The molecule has 0 saturated heterocycles. The minimum atomic E-state index is 0.820. The summed E-state index contributed by atoms with van der Waals surface area (Å²) in [4.78, 5) is 0. The SMILES string of the molecule is CCNc1cc(C)cc(N)c1. The third-order valence-corrected chi connectivity index (χ3v) is 1.48. The summed E-state index contributed by atoms with van der Waals surface area (Å²) in [6.45, 7) is 5.04. The zero-order valence-electron chi connectivity index (χ0n) is 7.02. The van der Waals surface area contributed by atoms with E-state index in [0.29, 0.717) is 0 Å². The van der Waals surface area contributed by atoms with Gasteiger partial charge in [-0.05, 0) is 37.6 Å². The van der Waals surface area contributed by atoms with E-state index in [9.17, 15) is 0 Å². The van der Waals surface area contributed by atoms with Crippen molar-refractivity contribution < 1.29 is 0 Å². The average Bonchev–Trinajstić information content (AvgIpc) is 1.85. The third kappa shape index (κ3) is 2.15. The van der Waals surface area contributed by atoms with E-state index in [1.54, 1.807) is 0 Å². The van der Waals surface area contributed by atoms with Crippen LogP contribution in [0.1, 0.15) is 12.5 Å². The molecule has 1 aromatic carbocycles. The van der Waals surface area contributed by atoms with Crippen LogP contribution in [0.2, 0.25) is 0 Å². The molecule has 11 heavy (non-hydrogen) atoms. The highest BCUT2D eigenvalue weighted by atomic mass is 14.9. The number of nitrogens with one attached hydrogen (secondary N) is 1. The molecular weight excluding hydrogens is 136 g/mol. The van der Waals surface area contributed by atoms with Crippen molar-refractivity contribution in [1.82, 2.24) is 0 Å². The molecular formula is C9H14N2. The lowest BCUT2D eigenvalue weighted by atomic mass is 10.2. The molecule has 1 rings (SSSR count). The highest BCUT2D eigenvalue weighted by Crippen LogP contribution is 2.15. The van der Waals surface area contributed by atoms with E-state index in [-0.39, 0.29) is 0 Å². The first-order chi connectivity index (χ1) is 5.22. The Morgan fingerprint density at radius 1 is 1.36 bits per heavy atom. The fourth-order valence-corrected chi connectivity index (χ4v) is 1.12. The quantitative estimate of drug-likeness (QED) is 0.633. The number of hydrogen-bond acceptors (Lipinski definition) is 2. The number of benzene rings is 1. The molecule has 0 fully saturated rings. The predicted octanol–water partition coefficient (Wildman–Crippen LogP) is 2.01. The molecule has 3 N–H and O–H groups in total. The molecule has 0 heterocycles. The second kappa shape index (κ2) is 3.28. The van der Waals surface area contributed by atoms with E-state index in [4.69, 9.17) is 5.73 Å². The molecule has 0 aliphatic heterocycles. The van der Waals surface area contributed by atoms with Crippen molar-refractivity contribution in [2.24, 2.45) is 0 Å². The van der Waals surface area contributed by atoms with Gasteiger partial charge >= 0.3 is 0 Å². The number of nitrogen functional groups attached to an aromatic ring is 1. The monoisotopic (exact) mass is 150 g/mol. The summed E-state index contributed by atoms with van der Waals surface area (Å²) < 4.78 is 0. The largest absolute Gasteiger partial charge is 0.399 e. The molecule has 60 valence electrons. The molecule has 0 radical (unpaired) electrons. The van der Waals surface area contributed by atoms with Crippen LogP contribution in [-0.4, -0.2) is 6.54 Å². The fraction of sp³-hybridized carbons (Fsp3) is 0.333. The summed E-state index contributed by atoms with van der Waals surface area (Å²) in [5.41, 5.74) is 8.77. The fourth-order valence-electron chi connectivity index (χ4n) is 1.12. The topological polar surface area (TPSA) is 38.0 Å². The van der Waals surface area contributed by atoms with Gasteiger partial charge in [0, 0.05) is 17.9 Å². The molecule has 2 heteroatoms. The number of rotatable bonds is 2. The molecule has 0 spiro atoms. The summed E-state index contributed by atoms with van der Waals surface area (Å²) in [6, 6.07) is 5.98. The Labute approximate surface area is 67.4 Å². The first-order valence-corrected chi connectivity index (χ1v) is 3.83. The summed E-state index contributed by atoms with van der Waals surface area (Å²) in [5.74, 6) is 0. The minimum Gasteiger partial charge on any atom is -0.399 e. The number of hydrogen-bond donors (Lipinski definition) is 2. The van der Waals surface area contributed by atoms with Crippen molar-refractivity contribution in [2.45, 2.75) is 13.8 Å². The van der Waals surface area contributed by atoms with Gasteiger partial charge in [0.1, 0.15) is 0 Å². The van der Waals surface area contributed by atoms with Crippen molar-refractivity contribution in [3.8, 4) is 0 Å². The van der Waals surface area contributed by atoms with E-state index in [1.807, 2.05) is 19.1 Å². The lowest BCUT2D eigenvalue weighted by molar-refractivity contribution is 1.21. The van der Waals surface area contributed by atoms with Crippen LogP contribution in [0.3, 0.4) is 0 Å². The second-order valence-electron chi connectivity index (χ2n) is 2.66. The van der Waals surface area contributed by atoms with Crippen LogP contribution in [0.4, 0.5) is 11.4 Å². The average molecular weight is 150 g/mol. The first-order valence-electron chi connectivity index (χ1n) is 3.83. The number of aryl methyl sites for hydroxylation is 1. The summed E-state index contributed by atoms with van der Waals surface area (Å²) in [5, 5.41) is 3.21. The summed E-state index contributed by atoms with van der Waals surface area (Å²) in [6.07, 6.45) is 0. The molecule has 0 bridgehead atoms. The van der Waals surface area contributed by atoms with E-state index in [2.05, 4.69) is 18.3 Å². The van der Waals surface area contributed by atoms with Gasteiger partial charge in [0.25, 0.3) is 0 Å². The van der Waals surface area contributed by atoms with Crippen molar-refractivity contribution >= 4 is 11.4 Å². The standard InChI is InChI=1S/C9H14N2/c1-3-11-9-5-7(2)4-8(10)6-9/h4-6,11H,3,10H2,1-2H3. The number of anilines is 2. The minimum absolute atomic E-state index is 0.820. The Hall–Kier alpha value is -1.18. The lowest BCUT2D eigenvalue weighted by Crippen LogP contribution is -1.97. The molecule has 0 unspecified atom stereocenters. The van der Waals surface area contributed by atoms with Crippen LogP contribution in [0.15, 0.2) is 18.2 Å². The summed E-state index contributed by atoms with van der Waals surface area (Å²) in [7, 11) is 0. The molecule has 0 aliphatic carbocycles. The van der Waals surface area contributed by atoms with Crippen molar-refractivity contribution in [2.75, 3.05) is 17.6 Å². The predicted molar refractivity (Wildman–Crippen MR) is 49.8 cm³/mol. The third-order valence-electron chi connectivity index (χ3n) is 1.48. The second-order valence-corrected chi connectivity index (χ2v) is 2.66. The molecule has 0 amide bonds. The highest BCUT2D eigenvalue weighted by Gasteiger charge is 1.92. The van der Waals surface area contributed by atoms with Gasteiger partial charge in [0.05, 0.1) is 0 Å². The van der Waals surface area contributed by atoms with Crippen LogP contribution >= 0.6 is 0 Å². The van der Waals surface area contributed by atoms with E-state index in [1.165, 1.54) is 5.56 Å². The van der Waals surface area contributed by atoms with Gasteiger partial charge in [0.15, 0.2) is 0 Å². The van der Waals surface area contributed by atoms with E-state index >= 15 is 0 Å². The molecule has 0 aromatic heterocycles. The smallest absolute Gasteiger partial charge is 0.0363 e. The van der Waals surface area contributed by atoms with Crippen LogP contribution < -0.4 is 11.1 Å². The maximum absolute atomic E-state index is 5.65. The Morgan fingerprint density at radius 3 is 2.64 bits per heavy atom. The molecule has 0 atom stereocenters. The molecule has 2 nitrogen and oxygen atoms in total. The van der Waals surface area contributed by atoms with Gasteiger partial charge in [-0.1, -0.05) is 0 Å². The van der Waals surface area contributed by atoms with Crippen molar-refractivity contribution in [3.05, 3.63) is 23.8 Å². The lowest BCUT2D eigenvalue weighted by Gasteiger charge is -2.04. The van der Waals surface area contributed by atoms with Crippen molar-refractivity contribution in [1.29, 1.82) is 0 Å². The number of nitrogens with two attached hydrogens (primary N) is 1. The maximum atomic E-state index is 5.65. The Kier molecular flexibility index (Phi) is 2.36. The highest BCUT2D eigenvalue weighted by molar-refractivity contribution is 5.56.